The summed E-state index contributed by atoms with van der Waals surface area (Å²) in [5, 5.41) is 31.6. The van der Waals surface area contributed by atoms with Gasteiger partial charge in [-0.15, -0.1) is 0 Å². The van der Waals surface area contributed by atoms with Gasteiger partial charge in [0.05, 0.1) is 5.56 Å². The number of allylic oxidation sites excluding steroid dienone is 4. The predicted octanol–water partition coefficient (Wildman–Crippen LogP) is 4.10. The lowest BCUT2D eigenvalue weighted by molar-refractivity contribution is -0.123. The Morgan fingerprint density at radius 1 is 1.06 bits per heavy atom. The van der Waals surface area contributed by atoms with Crippen LogP contribution in [0.1, 0.15) is 40.9 Å². The molecule has 1 heterocycles. The highest BCUT2D eigenvalue weighted by Gasteiger charge is 2.55. The van der Waals surface area contributed by atoms with Gasteiger partial charge in [0.15, 0.2) is 17.3 Å². The van der Waals surface area contributed by atoms with Crippen molar-refractivity contribution in [2.45, 2.75) is 26.2 Å². The van der Waals surface area contributed by atoms with E-state index in [-0.39, 0.29) is 28.2 Å². The van der Waals surface area contributed by atoms with Crippen molar-refractivity contribution < 1.29 is 43.2 Å². The number of halogens is 2. The first-order chi connectivity index (χ1) is 15.9. The van der Waals surface area contributed by atoms with Crippen LogP contribution in [0.15, 0.2) is 47.4 Å². The number of hydrogen-bond acceptors (Lipinski definition) is 7. The number of phenolic OH excluding ortho intramolecular Hbond substituents is 2. The number of Topliss-reactive ketones (excluding diaryl/α,β-unsaturated/α-hetero) is 2. The van der Waals surface area contributed by atoms with E-state index in [1.54, 1.807) is 0 Å². The molecule has 3 N–H and O–H groups in total. The smallest absolute Gasteiger partial charge is 0.193 e. The van der Waals surface area contributed by atoms with Gasteiger partial charge in [0.2, 0.25) is 0 Å². The van der Waals surface area contributed by atoms with Crippen LogP contribution in [0.3, 0.4) is 0 Å². The summed E-state index contributed by atoms with van der Waals surface area (Å²) in [6.45, 7) is 3.77. The van der Waals surface area contributed by atoms with Crippen LogP contribution in [0.25, 0.3) is 6.08 Å². The summed E-state index contributed by atoms with van der Waals surface area (Å²) in [6, 6.07) is 2.65. The van der Waals surface area contributed by atoms with Crippen LogP contribution in [0.2, 0.25) is 0 Å². The zero-order valence-electron chi connectivity index (χ0n) is 18.2. The average Bonchev–Trinajstić information content (AvgIpc) is 3.03. The fraction of sp³-hybridized carbons (Fsp3) is 0.160. The molecule has 4 rings (SSSR count). The van der Waals surface area contributed by atoms with E-state index in [2.05, 4.69) is 0 Å². The molecule has 0 aromatic heterocycles. The molecular weight excluding hydrogens is 450 g/mol. The highest BCUT2D eigenvalue weighted by atomic mass is 19.1. The van der Waals surface area contributed by atoms with Crippen molar-refractivity contribution in [2.75, 3.05) is 0 Å². The minimum Gasteiger partial charge on any atom is -0.507 e. The molecule has 1 aliphatic heterocycles. The van der Waals surface area contributed by atoms with Crippen LogP contribution in [0.5, 0.6) is 17.2 Å². The number of phenols is 2. The van der Waals surface area contributed by atoms with E-state index in [1.165, 1.54) is 13.8 Å². The fourth-order valence-electron chi connectivity index (χ4n) is 4.19. The molecule has 34 heavy (non-hydrogen) atoms. The molecule has 2 aliphatic rings. The normalized spacial score (nSPS) is 19.1. The number of rotatable bonds is 4. The lowest BCUT2D eigenvalue weighted by Crippen LogP contribution is -2.38. The minimum atomic E-state index is -1.75. The number of fused-ring (bicyclic) bond motifs is 3. The van der Waals surface area contributed by atoms with E-state index < -0.39 is 62.8 Å². The van der Waals surface area contributed by atoms with Crippen LogP contribution in [-0.4, -0.2) is 32.7 Å². The summed E-state index contributed by atoms with van der Waals surface area (Å²) in [4.78, 5) is 38.3. The fourth-order valence-corrected chi connectivity index (χ4v) is 4.19. The van der Waals surface area contributed by atoms with Gasteiger partial charge in [-0.05, 0) is 44.5 Å². The molecule has 0 unspecified atom stereocenters. The van der Waals surface area contributed by atoms with Crippen molar-refractivity contribution in [3.63, 3.8) is 0 Å². The highest BCUT2D eigenvalue weighted by molar-refractivity contribution is 6.26. The maximum Gasteiger partial charge on any atom is 0.193 e. The first-order valence-electron chi connectivity index (χ1n) is 10.0. The molecule has 1 atom stereocenters. The summed E-state index contributed by atoms with van der Waals surface area (Å²) in [6.07, 6.45) is 3.11. The van der Waals surface area contributed by atoms with Crippen molar-refractivity contribution in [3.05, 3.63) is 81.3 Å². The number of aliphatic hydroxyl groups is 1. The van der Waals surface area contributed by atoms with Crippen LogP contribution in [0, 0.1) is 18.6 Å². The van der Waals surface area contributed by atoms with Gasteiger partial charge in [-0.1, -0.05) is 6.08 Å². The Morgan fingerprint density at radius 3 is 2.26 bits per heavy atom. The Labute approximate surface area is 191 Å². The van der Waals surface area contributed by atoms with Gasteiger partial charge in [0, 0.05) is 17.7 Å². The number of hydrogen-bond donors (Lipinski definition) is 3. The van der Waals surface area contributed by atoms with Crippen molar-refractivity contribution in [2.24, 2.45) is 0 Å². The quantitative estimate of drug-likeness (QED) is 0.351. The number of carbonyl (C=O) groups excluding carboxylic acids is 3. The number of ether oxygens (including phenoxy) is 1. The summed E-state index contributed by atoms with van der Waals surface area (Å²) >= 11 is 0. The van der Waals surface area contributed by atoms with Crippen LogP contribution < -0.4 is 4.74 Å². The van der Waals surface area contributed by atoms with Crippen LogP contribution in [0.4, 0.5) is 8.78 Å². The highest BCUT2D eigenvalue weighted by Crippen LogP contribution is 2.57. The van der Waals surface area contributed by atoms with E-state index in [0.29, 0.717) is 6.07 Å². The number of carbonyl (C=O) groups is 3. The summed E-state index contributed by atoms with van der Waals surface area (Å²) in [7, 11) is 0. The van der Waals surface area contributed by atoms with Crippen molar-refractivity contribution in [1.82, 2.24) is 0 Å². The first kappa shape index (κ1) is 22.9. The van der Waals surface area contributed by atoms with Gasteiger partial charge in [-0.2, -0.15) is 0 Å². The number of aromatic hydroxyl groups is 2. The molecule has 1 aliphatic carbocycles. The largest absolute Gasteiger partial charge is 0.507 e. The minimum absolute atomic E-state index is 0.0390. The molecule has 7 nitrogen and oxygen atoms in total. The summed E-state index contributed by atoms with van der Waals surface area (Å²) < 4.78 is 32.6. The number of aliphatic hydroxyl groups excluding tert-OH is 1. The SMILES string of the molecule is CC(=O)C1=C(O)C=C2Oc3c(C(=O)/C=C/c4cc(F)cc(F)c4)c(O)c(C)c(O)c3[C@]2(C)C1=O. The Morgan fingerprint density at radius 2 is 1.68 bits per heavy atom. The molecule has 0 saturated carbocycles. The van der Waals surface area contributed by atoms with Crippen molar-refractivity contribution >= 4 is 23.4 Å². The van der Waals surface area contributed by atoms with Gasteiger partial charge < -0.3 is 20.1 Å². The lowest BCUT2D eigenvalue weighted by Gasteiger charge is -2.28. The third kappa shape index (κ3) is 3.20. The number of ketones is 3. The van der Waals surface area contributed by atoms with Gasteiger partial charge in [0.25, 0.3) is 0 Å². The Hall–Kier alpha value is -4.27. The second kappa shape index (κ2) is 7.65. The lowest BCUT2D eigenvalue weighted by atomic mass is 9.71. The Balaban J connectivity index is 1.89. The second-order valence-corrected chi connectivity index (χ2v) is 8.18. The Bertz CT molecular complexity index is 1390. The topological polar surface area (TPSA) is 121 Å². The van der Waals surface area contributed by atoms with Crippen molar-refractivity contribution in [3.8, 4) is 17.2 Å². The van der Waals surface area contributed by atoms with Gasteiger partial charge in [0.1, 0.15) is 57.0 Å². The molecule has 2 aromatic rings. The molecular formula is C25H18F2O7. The van der Waals surface area contributed by atoms with E-state index in [9.17, 15) is 38.5 Å². The van der Waals surface area contributed by atoms with Gasteiger partial charge in [-0.25, -0.2) is 8.78 Å². The summed E-state index contributed by atoms with van der Waals surface area (Å²) in [5.74, 6) is -6.37. The standard InChI is InChI=1S/C25H18F2O7/c1-10-21(31)19(15(29)5-4-12-6-13(26)8-14(27)7-12)23-20(22(10)32)25(3)17(34-23)9-16(30)18(11(2)28)24(25)33/h4-9,30-32H,1-3H3/b5-4+/t25-/m1/s1. The van der Waals surface area contributed by atoms with Gasteiger partial charge >= 0.3 is 0 Å². The summed E-state index contributed by atoms with van der Waals surface area (Å²) in [5.41, 5.74) is -2.90. The van der Waals surface area contributed by atoms with E-state index in [1.807, 2.05) is 0 Å². The van der Waals surface area contributed by atoms with E-state index in [4.69, 9.17) is 4.74 Å². The molecule has 0 fully saturated rings. The third-order valence-corrected chi connectivity index (χ3v) is 5.96. The van der Waals surface area contributed by atoms with E-state index >= 15 is 0 Å². The van der Waals surface area contributed by atoms with Crippen LogP contribution >= 0.6 is 0 Å². The van der Waals surface area contributed by atoms with Gasteiger partial charge in [-0.3, -0.25) is 14.4 Å². The molecule has 0 saturated heterocycles. The second-order valence-electron chi connectivity index (χ2n) is 8.18. The van der Waals surface area contributed by atoms with Crippen molar-refractivity contribution in [1.29, 1.82) is 0 Å². The molecule has 0 spiro atoms. The number of benzene rings is 2. The first-order valence-corrected chi connectivity index (χ1v) is 10.0. The molecule has 174 valence electrons. The maximum atomic E-state index is 13.5. The molecule has 9 heteroatoms. The molecule has 0 bridgehead atoms. The Kier molecular flexibility index (Phi) is 5.16. The third-order valence-electron chi connectivity index (χ3n) is 5.96. The monoisotopic (exact) mass is 468 g/mol. The molecule has 0 radical (unpaired) electrons. The van der Waals surface area contributed by atoms with Crippen LogP contribution in [-0.2, 0) is 15.0 Å². The average molecular weight is 468 g/mol. The predicted molar refractivity (Wildman–Crippen MR) is 116 cm³/mol. The zero-order valence-corrected chi connectivity index (χ0v) is 18.2. The zero-order chi connectivity index (χ0) is 25.1. The molecule has 0 amide bonds. The molecule has 2 aromatic carbocycles. The maximum absolute atomic E-state index is 13.5. The van der Waals surface area contributed by atoms with E-state index in [0.717, 1.165) is 37.3 Å².